The minimum atomic E-state index is -3.60. The molecule has 2 fully saturated rings. The van der Waals surface area contributed by atoms with Crippen molar-refractivity contribution in [3.05, 3.63) is 29.8 Å². The van der Waals surface area contributed by atoms with Gasteiger partial charge in [-0.1, -0.05) is 31.4 Å². The van der Waals surface area contributed by atoms with Crippen LogP contribution in [0.4, 0.5) is 0 Å². The van der Waals surface area contributed by atoms with Gasteiger partial charge >= 0.3 is 5.97 Å². The van der Waals surface area contributed by atoms with Crippen LogP contribution in [0, 0.1) is 5.92 Å². The fraction of sp³-hybridized carbons (Fsp3) is 0.600. The van der Waals surface area contributed by atoms with Crippen molar-refractivity contribution >= 4 is 21.9 Å². The Hall–Kier alpha value is -1.97. The van der Waals surface area contributed by atoms with E-state index in [2.05, 4.69) is 5.32 Å². The number of rotatable bonds is 7. The molecule has 0 atom stereocenters. The molecule has 1 aliphatic heterocycles. The van der Waals surface area contributed by atoms with Crippen LogP contribution in [0.1, 0.15) is 37.7 Å². The van der Waals surface area contributed by atoms with E-state index in [4.69, 9.17) is 9.47 Å². The standard InChI is InChI=1S/C20H28N2O6S/c23-19(14-21-20(24)17-6-2-1-3-7-17)28-15-16-5-4-8-18(13-16)29(25,26)22-9-11-27-12-10-22/h4-5,8,13,17H,1-3,6-7,9-12,14-15H2,(H,21,24). The summed E-state index contributed by atoms with van der Waals surface area (Å²) in [6.45, 7) is 1.17. The zero-order chi connectivity index (χ0) is 20.7. The second-order valence-electron chi connectivity index (χ2n) is 7.38. The normalized spacial score (nSPS) is 18.9. The molecule has 160 valence electrons. The average Bonchev–Trinajstić information content (AvgIpc) is 2.77. The molecule has 9 heteroatoms. The fourth-order valence-corrected chi connectivity index (χ4v) is 5.09. The number of ether oxygens (including phenoxy) is 2. The first-order valence-electron chi connectivity index (χ1n) is 10.1. The Labute approximate surface area is 171 Å². The van der Waals surface area contributed by atoms with Crippen molar-refractivity contribution in [1.29, 1.82) is 0 Å². The Morgan fingerprint density at radius 1 is 1.14 bits per heavy atom. The first kappa shape index (κ1) is 21.7. The Morgan fingerprint density at radius 2 is 1.86 bits per heavy atom. The van der Waals surface area contributed by atoms with Gasteiger partial charge in [0.2, 0.25) is 15.9 Å². The molecule has 2 aliphatic rings. The lowest BCUT2D eigenvalue weighted by atomic mass is 9.89. The minimum absolute atomic E-state index is 0.0152. The summed E-state index contributed by atoms with van der Waals surface area (Å²) in [7, 11) is -3.60. The third-order valence-electron chi connectivity index (χ3n) is 5.29. The molecule has 1 saturated carbocycles. The highest BCUT2D eigenvalue weighted by molar-refractivity contribution is 7.89. The van der Waals surface area contributed by atoms with Gasteiger partial charge in [-0.25, -0.2) is 8.42 Å². The van der Waals surface area contributed by atoms with Crippen molar-refractivity contribution in [3.63, 3.8) is 0 Å². The van der Waals surface area contributed by atoms with Gasteiger partial charge in [0.05, 0.1) is 18.1 Å². The number of nitrogens with one attached hydrogen (secondary N) is 1. The predicted molar refractivity (Wildman–Crippen MR) is 105 cm³/mol. The zero-order valence-corrected chi connectivity index (χ0v) is 17.3. The molecule has 1 N–H and O–H groups in total. The highest BCUT2D eigenvalue weighted by atomic mass is 32.2. The molecule has 1 aliphatic carbocycles. The van der Waals surface area contributed by atoms with E-state index < -0.39 is 16.0 Å². The van der Waals surface area contributed by atoms with Crippen LogP contribution in [0.3, 0.4) is 0 Å². The maximum atomic E-state index is 12.7. The highest BCUT2D eigenvalue weighted by Crippen LogP contribution is 2.23. The van der Waals surface area contributed by atoms with Crippen LogP contribution in [0.15, 0.2) is 29.2 Å². The lowest BCUT2D eigenvalue weighted by Gasteiger charge is -2.26. The van der Waals surface area contributed by atoms with Gasteiger partial charge in [-0.15, -0.1) is 0 Å². The van der Waals surface area contributed by atoms with Gasteiger partial charge in [-0.2, -0.15) is 4.31 Å². The van der Waals surface area contributed by atoms with E-state index >= 15 is 0 Å². The van der Waals surface area contributed by atoms with Crippen LogP contribution in [-0.2, 0) is 35.7 Å². The van der Waals surface area contributed by atoms with Gasteiger partial charge in [0, 0.05) is 19.0 Å². The summed E-state index contributed by atoms with van der Waals surface area (Å²) in [4.78, 5) is 24.2. The van der Waals surface area contributed by atoms with Crippen LogP contribution < -0.4 is 5.32 Å². The Kier molecular flexibility index (Phi) is 7.63. The molecule has 0 unspecified atom stereocenters. The number of morpholine rings is 1. The molecule has 0 radical (unpaired) electrons. The van der Waals surface area contributed by atoms with Crippen LogP contribution in [0.2, 0.25) is 0 Å². The van der Waals surface area contributed by atoms with E-state index in [9.17, 15) is 18.0 Å². The molecule has 3 rings (SSSR count). The number of hydrogen-bond donors (Lipinski definition) is 1. The van der Waals surface area contributed by atoms with Crippen molar-refractivity contribution in [2.45, 2.75) is 43.6 Å². The van der Waals surface area contributed by atoms with Gasteiger partial charge < -0.3 is 14.8 Å². The first-order valence-corrected chi connectivity index (χ1v) is 11.5. The number of benzene rings is 1. The van der Waals surface area contributed by atoms with Gasteiger partial charge in [0.1, 0.15) is 13.2 Å². The van der Waals surface area contributed by atoms with E-state index in [1.54, 1.807) is 12.1 Å². The van der Waals surface area contributed by atoms with E-state index in [1.807, 2.05) is 0 Å². The second-order valence-corrected chi connectivity index (χ2v) is 9.32. The Morgan fingerprint density at radius 3 is 2.59 bits per heavy atom. The van der Waals surface area contributed by atoms with E-state index in [0.29, 0.717) is 31.9 Å². The fourth-order valence-electron chi connectivity index (χ4n) is 3.62. The Balaban J connectivity index is 1.49. The monoisotopic (exact) mass is 424 g/mol. The van der Waals surface area contributed by atoms with Crippen LogP contribution in [0.25, 0.3) is 0 Å². The summed E-state index contributed by atoms with van der Waals surface area (Å²) in [6, 6.07) is 6.37. The van der Waals surface area contributed by atoms with E-state index in [0.717, 1.165) is 32.1 Å². The van der Waals surface area contributed by atoms with Gasteiger partial charge in [-0.3, -0.25) is 9.59 Å². The van der Waals surface area contributed by atoms with Gasteiger partial charge in [-0.05, 0) is 30.5 Å². The maximum absolute atomic E-state index is 12.7. The van der Waals surface area contributed by atoms with Crippen molar-refractivity contribution < 1.29 is 27.5 Å². The summed E-state index contributed by atoms with van der Waals surface area (Å²) < 4.78 is 37.2. The third-order valence-corrected chi connectivity index (χ3v) is 7.18. The molecular weight excluding hydrogens is 396 g/mol. The van der Waals surface area contributed by atoms with Crippen molar-refractivity contribution in [1.82, 2.24) is 9.62 Å². The van der Waals surface area contributed by atoms with Crippen molar-refractivity contribution in [2.75, 3.05) is 32.8 Å². The number of hydrogen-bond acceptors (Lipinski definition) is 6. The average molecular weight is 425 g/mol. The molecule has 1 aromatic rings. The number of carbonyl (C=O) groups excluding carboxylic acids is 2. The molecule has 29 heavy (non-hydrogen) atoms. The molecule has 0 bridgehead atoms. The summed E-state index contributed by atoms with van der Waals surface area (Å²) in [6.07, 6.45) is 4.99. The lowest BCUT2D eigenvalue weighted by Crippen LogP contribution is -2.40. The second kappa shape index (κ2) is 10.2. The van der Waals surface area contributed by atoms with Crippen molar-refractivity contribution in [2.24, 2.45) is 5.92 Å². The molecule has 1 heterocycles. The van der Waals surface area contributed by atoms with Crippen LogP contribution in [-0.4, -0.2) is 57.4 Å². The zero-order valence-electron chi connectivity index (χ0n) is 16.5. The lowest BCUT2D eigenvalue weighted by molar-refractivity contribution is -0.145. The first-order chi connectivity index (χ1) is 14.0. The van der Waals surface area contributed by atoms with E-state index in [-0.39, 0.29) is 29.9 Å². The SMILES string of the molecule is O=C(CNC(=O)C1CCCCC1)OCc1cccc(S(=O)(=O)N2CCOCC2)c1. The smallest absolute Gasteiger partial charge is 0.325 e. The summed E-state index contributed by atoms with van der Waals surface area (Å²) in [5.74, 6) is -0.658. The molecule has 1 saturated heterocycles. The number of carbonyl (C=O) groups is 2. The molecule has 8 nitrogen and oxygen atoms in total. The summed E-state index contributed by atoms with van der Waals surface area (Å²) in [5.41, 5.74) is 0.575. The quantitative estimate of drug-likeness (QED) is 0.665. The highest BCUT2D eigenvalue weighted by Gasteiger charge is 2.26. The largest absolute Gasteiger partial charge is 0.460 e. The van der Waals surface area contributed by atoms with Crippen molar-refractivity contribution in [3.8, 4) is 0 Å². The number of nitrogens with zero attached hydrogens (tertiary/aromatic N) is 1. The van der Waals surface area contributed by atoms with Crippen LogP contribution >= 0.6 is 0 Å². The summed E-state index contributed by atoms with van der Waals surface area (Å²) in [5, 5.41) is 2.64. The number of sulfonamides is 1. The molecular formula is C20H28N2O6S. The topological polar surface area (TPSA) is 102 Å². The minimum Gasteiger partial charge on any atom is -0.460 e. The predicted octanol–water partition coefficient (Wildman–Crippen LogP) is 1.45. The molecule has 1 amide bonds. The van der Waals surface area contributed by atoms with Gasteiger partial charge in [0.15, 0.2) is 0 Å². The van der Waals surface area contributed by atoms with Gasteiger partial charge in [0.25, 0.3) is 0 Å². The molecule has 0 spiro atoms. The van der Waals surface area contributed by atoms with Crippen LogP contribution in [0.5, 0.6) is 0 Å². The molecule has 0 aromatic heterocycles. The summed E-state index contributed by atoms with van der Waals surface area (Å²) >= 11 is 0. The maximum Gasteiger partial charge on any atom is 0.325 e. The number of esters is 1. The molecule has 1 aromatic carbocycles. The Bertz CT molecular complexity index is 814. The number of amides is 1. The van der Waals surface area contributed by atoms with E-state index in [1.165, 1.54) is 16.4 Å². The third kappa shape index (κ3) is 6.01.